The van der Waals surface area contributed by atoms with Crippen LogP contribution in [0.15, 0.2) is 54.6 Å². The number of nitrogens with one attached hydrogen (secondary N) is 1. The first kappa shape index (κ1) is 23.6. The van der Waals surface area contributed by atoms with Crippen LogP contribution >= 0.6 is 0 Å². The Morgan fingerprint density at radius 1 is 0.914 bits per heavy atom. The third kappa shape index (κ3) is 5.74. The van der Waals surface area contributed by atoms with E-state index in [-0.39, 0.29) is 23.7 Å². The Hall–Kier alpha value is -3.16. The molecule has 0 atom stereocenters. The molecule has 0 spiro atoms. The van der Waals surface area contributed by atoms with Crippen molar-refractivity contribution in [2.24, 2.45) is 5.92 Å². The third-order valence-electron chi connectivity index (χ3n) is 7.33. The first-order valence-electron chi connectivity index (χ1n) is 12.6. The van der Waals surface area contributed by atoms with Crippen molar-refractivity contribution in [1.29, 1.82) is 0 Å². The number of phenols is 1. The van der Waals surface area contributed by atoms with Crippen molar-refractivity contribution in [2.45, 2.75) is 44.9 Å². The van der Waals surface area contributed by atoms with E-state index in [1.807, 2.05) is 24.3 Å². The number of aliphatic hydroxyl groups is 1. The number of fused-ring (bicyclic) bond motifs is 1. The number of aromatic hydroxyl groups is 1. The van der Waals surface area contributed by atoms with Gasteiger partial charge in [-0.1, -0.05) is 36.4 Å². The maximum Gasteiger partial charge on any atom is 0.223 e. The van der Waals surface area contributed by atoms with Crippen LogP contribution in [-0.2, 0) is 17.9 Å². The van der Waals surface area contributed by atoms with Crippen molar-refractivity contribution in [3.05, 3.63) is 65.7 Å². The highest BCUT2D eigenvalue weighted by atomic mass is 16.3. The van der Waals surface area contributed by atoms with Crippen molar-refractivity contribution in [2.75, 3.05) is 31.1 Å². The Balaban J connectivity index is 1.09. The Labute approximate surface area is 206 Å². The number of nitrogens with zero attached hydrogens (tertiary/aromatic N) is 3. The lowest BCUT2D eigenvalue weighted by molar-refractivity contribution is -0.125. The number of benzene rings is 2. The van der Waals surface area contributed by atoms with Crippen molar-refractivity contribution in [3.8, 4) is 5.75 Å². The number of likely N-dealkylation sites (tertiary alicyclic amines) is 1. The van der Waals surface area contributed by atoms with E-state index in [1.54, 1.807) is 6.07 Å². The topological polar surface area (TPSA) is 88.9 Å². The van der Waals surface area contributed by atoms with Crippen molar-refractivity contribution in [3.63, 3.8) is 0 Å². The number of para-hydroxylation sites is 1. The average Bonchev–Trinajstić information content (AvgIpc) is 2.90. The molecule has 184 valence electrons. The molecule has 3 heterocycles. The predicted molar refractivity (Wildman–Crippen MR) is 137 cm³/mol. The molecule has 2 aliphatic rings. The van der Waals surface area contributed by atoms with Crippen LogP contribution in [-0.4, -0.2) is 58.3 Å². The van der Waals surface area contributed by atoms with Gasteiger partial charge >= 0.3 is 0 Å². The molecule has 7 heteroatoms. The molecule has 0 aliphatic carbocycles. The quantitative estimate of drug-likeness (QED) is 0.507. The molecule has 3 aromatic rings. The number of pyridine rings is 1. The average molecular weight is 475 g/mol. The number of carbonyl (C=O) groups is 1. The van der Waals surface area contributed by atoms with Gasteiger partial charge in [-0.25, -0.2) is 4.98 Å². The summed E-state index contributed by atoms with van der Waals surface area (Å²) in [6.45, 7) is 4.87. The maximum absolute atomic E-state index is 12.8. The number of piperidine rings is 2. The number of rotatable bonds is 6. The second-order valence-corrected chi connectivity index (χ2v) is 9.82. The van der Waals surface area contributed by atoms with E-state index < -0.39 is 0 Å². The lowest BCUT2D eigenvalue weighted by Gasteiger charge is -2.32. The summed E-state index contributed by atoms with van der Waals surface area (Å²) >= 11 is 0. The molecule has 2 aliphatic heterocycles. The minimum absolute atomic E-state index is 0.00818. The summed E-state index contributed by atoms with van der Waals surface area (Å²) in [7, 11) is 0. The number of phenolic OH excluding ortho intramolecular Hbond substituents is 1. The summed E-state index contributed by atoms with van der Waals surface area (Å²) in [5, 5.41) is 23.8. The molecule has 0 saturated carbocycles. The van der Waals surface area contributed by atoms with Gasteiger partial charge in [0.2, 0.25) is 5.91 Å². The standard InChI is InChI=1S/C28H34N4O3/c33-24-12-14-31(15-13-24)19-21-6-4-20(5-7-21)18-29-28(35)23-10-16-32(17-11-23)26-9-8-22-2-1-3-25(34)27(22)30-26/h1-9,23-24,33-34H,10-19H2,(H,29,35). The number of aromatic nitrogens is 1. The Kier molecular flexibility index (Phi) is 7.16. The van der Waals surface area contributed by atoms with Crippen LogP contribution in [0.3, 0.4) is 0 Å². The molecule has 2 fully saturated rings. The molecule has 7 nitrogen and oxygen atoms in total. The van der Waals surface area contributed by atoms with Gasteiger partial charge in [0.15, 0.2) is 0 Å². The van der Waals surface area contributed by atoms with Gasteiger partial charge < -0.3 is 20.4 Å². The van der Waals surface area contributed by atoms with Crippen molar-refractivity contribution < 1.29 is 15.0 Å². The van der Waals surface area contributed by atoms with Crippen LogP contribution in [0.2, 0.25) is 0 Å². The second-order valence-electron chi connectivity index (χ2n) is 9.82. The van der Waals surface area contributed by atoms with E-state index in [4.69, 9.17) is 0 Å². The summed E-state index contributed by atoms with van der Waals surface area (Å²) < 4.78 is 0. The fourth-order valence-electron chi connectivity index (χ4n) is 5.10. The summed E-state index contributed by atoms with van der Waals surface area (Å²) in [6, 6.07) is 17.9. The summed E-state index contributed by atoms with van der Waals surface area (Å²) in [4.78, 5) is 22.0. The number of hydrogen-bond donors (Lipinski definition) is 3. The Morgan fingerprint density at radius 3 is 2.37 bits per heavy atom. The van der Waals surface area contributed by atoms with Crippen LogP contribution < -0.4 is 10.2 Å². The Morgan fingerprint density at radius 2 is 1.63 bits per heavy atom. The highest BCUT2D eigenvalue weighted by molar-refractivity contribution is 5.85. The molecule has 0 unspecified atom stereocenters. The zero-order chi connectivity index (χ0) is 24.2. The summed E-state index contributed by atoms with van der Waals surface area (Å²) in [6.07, 6.45) is 3.14. The monoisotopic (exact) mass is 474 g/mol. The normalized spacial score (nSPS) is 18.1. The molecule has 0 radical (unpaired) electrons. The van der Waals surface area contributed by atoms with E-state index in [2.05, 4.69) is 44.4 Å². The van der Waals surface area contributed by atoms with E-state index in [9.17, 15) is 15.0 Å². The van der Waals surface area contributed by atoms with Crippen molar-refractivity contribution in [1.82, 2.24) is 15.2 Å². The largest absolute Gasteiger partial charge is 0.506 e. The number of hydrogen-bond acceptors (Lipinski definition) is 6. The molecule has 0 bridgehead atoms. The minimum atomic E-state index is -0.144. The second kappa shape index (κ2) is 10.6. The zero-order valence-electron chi connectivity index (χ0n) is 20.1. The van der Waals surface area contributed by atoms with E-state index >= 15 is 0 Å². The first-order chi connectivity index (χ1) is 17.0. The number of carbonyl (C=O) groups excluding carboxylic acids is 1. The third-order valence-corrected chi connectivity index (χ3v) is 7.33. The SMILES string of the molecule is O=C(NCc1ccc(CN2CCC(O)CC2)cc1)C1CCN(c2ccc3cccc(O)c3n2)CC1. The van der Waals surface area contributed by atoms with Crippen LogP contribution in [0.4, 0.5) is 5.82 Å². The molecular formula is C28H34N4O3. The van der Waals surface area contributed by atoms with E-state index in [0.29, 0.717) is 12.1 Å². The molecule has 5 rings (SSSR count). The minimum Gasteiger partial charge on any atom is -0.506 e. The van der Waals surface area contributed by atoms with Gasteiger partial charge in [0.05, 0.1) is 6.10 Å². The lowest BCUT2D eigenvalue weighted by atomic mass is 9.95. The highest BCUT2D eigenvalue weighted by Crippen LogP contribution is 2.28. The number of anilines is 1. The number of aliphatic hydroxyl groups excluding tert-OH is 1. The molecule has 1 amide bonds. The maximum atomic E-state index is 12.8. The fourth-order valence-corrected chi connectivity index (χ4v) is 5.10. The van der Waals surface area contributed by atoms with Crippen LogP contribution in [0.25, 0.3) is 10.9 Å². The fraction of sp³-hybridized carbons (Fsp3) is 0.429. The van der Waals surface area contributed by atoms with Gasteiger partial charge in [-0.2, -0.15) is 0 Å². The molecule has 2 aromatic carbocycles. The van der Waals surface area contributed by atoms with Crippen LogP contribution in [0.5, 0.6) is 5.75 Å². The Bertz CT molecular complexity index is 1150. The van der Waals surface area contributed by atoms with Gasteiger partial charge in [-0.05, 0) is 55.0 Å². The predicted octanol–water partition coefficient (Wildman–Crippen LogP) is 3.43. The lowest BCUT2D eigenvalue weighted by Crippen LogP contribution is -2.40. The smallest absolute Gasteiger partial charge is 0.223 e. The number of amides is 1. The highest BCUT2D eigenvalue weighted by Gasteiger charge is 2.25. The molecule has 3 N–H and O–H groups in total. The van der Waals surface area contributed by atoms with Gasteiger partial charge in [0.25, 0.3) is 0 Å². The van der Waals surface area contributed by atoms with Gasteiger partial charge in [-0.3, -0.25) is 9.69 Å². The van der Waals surface area contributed by atoms with Crippen molar-refractivity contribution >= 4 is 22.6 Å². The molecule has 1 aromatic heterocycles. The van der Waals surface area contributed by atoms with Gasteiger partial charge in [0.1, 0.15) is 17.1 Å². The van der Waals surface area contributed by atoms with Gasteiger partial charge in [0, 0.05) is 50.6 Å². The van der Waals surface area contributed by atoms with E-state index in [1.165, 1.54) is 5.56 Å². The van der Waals surface area contributed by atoms with Gasteiger partial charge in [-0.15, -0.1) is 0 Å². The summed E-state index contributed by atoms with van der Waals surface area (Å²) in [5.74, 6) is 1.16. The molecular weight excluding hydrogens is 440 g/mol. The zero-order valence-corrected chi connectivity index (χ0v) is 20.1. The summed E-state index contributed by atoms with van der Waals surface area (Å²) in [5.41, 5.74) is 2.99. The van der Waals surface area contributed by atoms with E-state index in [0.717, 1.165) is 75.2 Å². The first-order valence-corrected chi connectivity index (χ1v) is 12.6. The van der Waals surface area contributed by atoms with Crippen LogP contribution in [0.1, 0.15) is 36.8 Å². The molecule has 35 heavy (non-hydrogen) atoms. The molecule has 2 saturated heterocycles. The van der Waals surface area contributed by atoms with Crippen LogP contribution in [0, 0.1) is 5.92 Å².